The summed E-state index contributed by atoms with van der Waals surface area (Å²) in [5.74, 6) is 0. The first-order chi connectivity index (χ1) is 6.86. The number of benzene rings is 1. The van der Waals surface area contributed by atoms with E-state index in [2.05, 4.69) is 24.2 Å². The molecule has 0 N–H and O–H groups in total. The van der Waals surface area contributed by atoms with E-state index in [-0.39, 0.29) is 6.54 Å². The molecule has 0 spiro atoms. The zero-order chi connectivity index (χ0) is 10.2. The Morgan fingerprint density at radius 2 is 1.71 bits per heavy atom. The van der Waals surface area contributed by atoms with Crippen LogP contribution in [0.5, 0.6) is 0 Å². The van der Waals surface area contributed by atoms with Crippen LogP contribution in [-0.4, -0.2) is 0 Å². The van der Waals surface area contributed by atoms with Gasteiger partial charge in [0.25, 0.3) is 0 Å². The lowest BCUT2D eigenvalue weighted by atomic mass is 10.1. The van der Waals surface area contributed by atoms with Crippen LogP contribution >= 0.6 is 0 Å². The lowest BCUT2D eigenvalue weighted by Crippen LogP contribution is -1.86. The van der Waals surface area contributed by atoms with Crippen LogP contribution < -0.4 is 0 Å². The fraction of sp³-hybridized carbons (Fsp3) is 0.500. The second kappa shape index (κ2) is 6.30. The van der Waals surface area contributed by atoms with Crippen molar-refractivity contribution >= 4 is 0 Å². The van der Waals surface area contributed by atoms with E-state index in [0.717, 1.165) is 12.0 Å². The molecule has 1 rings (SSSR count). The molecule has 0 aliphatic carbocycles. The van der Waals surface area contributed by atoms with Gasteiger partial charge in [-0.1, -0.05) is 49.2 Å². The number of hydrogen-bond acceptors (Lipinski definition) is 2. The number of unbranched alkanes of at least 4 members (excludes halogenated alkanes) is 2. The molecule has 76 valence electrons. The molecule has 2 nitrogen and oxygen atoms in total. The Kier molecular flexibility index (Phi) is 4.90. The molecule has 0 bridgehead atoms. The maximum Gasteiger partial charge on any atom is 0.106 e. The summed E-state index contributed by atoms with van der Waals surface area (Å²) in [6, 6.07) is 8.16. The fourth-order valence-electron chi connectivity index (χ4n) is 1.46. The van der Waals surface area contributed by atoms with Gasteiger partial charge < -0.3 is 0 Å². The van der Waals surface area contributed by atoms with Crippen molar-refractivity contribution in [1.82, 2.24) is 0 Å². The third-order valence-corrected chi connectivity index (χ3v) is 2.34. The van der Waals surface area contributed by atoms with Crippen molar-refractivity contribution in [3.05, 3.63) is 40.3 Å². The van der Waals surface area contributed by atoms with Gasteiger partial charge in [-0.2, -0.15) is 4.91 Å². The Morgan fingerprint density at radius 3 is 2.29 bits per heavy atom. The van der Waals surface area contributed by atoms with Crippen LogP contribution in [0.2, 0.25) is 0 Å². The minimum atomic E-state index is 0.287. The van der Waals surface area contributed by atoms with Crippen molar-refractivity contribution in [2.75, 3.05) is 0 Å². The number of hydrogen-bond donors (Lipinski definition) is 0. The Balaban J connectivity index is 2.42. The van der Waals surface area contributed by atoms with Gasteiger partial charge in [0.05, 0.1) is 0 Å². The molecule has 0 unspecified atom stereocenters. The molecule has 0 aromatic heterocycles. The average Bonchev–Trinajstić information content (AvgIpc) is 2.21. The van der Waals surface area contributed by atoms with Crippen molar-refractivity contribution in [3.63, 3.8) is 0 Å². The van der Waals surface area contributed by atoms with Crippen molar-refractivity contribution in [3.8, 4) is 0 Å². The highest BCUT2D eigenvalue weighted by molar-refractivity contribution is 5.22. The van der Waals surface area contributed by atoms with E-state index in [1.807, 2.05) is 12.1 Å². The van der Waals surface area contributed by atoms with Gasteiger partial charge in [0, 0.05) is 0 Å². The monoisotopic (exact) mass is 191 g/mol. The van der Waals surface area contributed by atoms with Gasteiger partial charge in [0.1, 0.15) is 6.54 Å². The topological polar surface area (TPSA) is 29.4 Å². The van der Waals surface area contributed by atoms with Crippen LogP contribution in [-0.2, 0) is 13.0 Å². The van der Waals surface area contributed by atoms with E-state index in [0.29, 0.717) is 0 Å². The maximum absolute atomic E-state index is 10.0. The molecule has 0 fully saturated rings. The van der Waals surface area contributed by atoms with Gasteiger partial charge in [0.2, 0.25) is 0 Å². The Hall–Kier alpha value is -1.18. The summed E-state index contributed by atoms with van der Waals surface area (Å²) in [5.41, 5.74) is 2.35. The second-order valence-corrected chi connectivity index (χ2v) is 3.56. The molecule has 1 aromatic rings. The van der Waals surface area contributed by atoms with Gasteiger partial charge in [-0.3, -0.25) is 0 Å². The second-order valence-electron chi connectivity index (χ2n) is 3.56. The molecule has 0 saturated carbocycles. The number of aryl methyl sites for hydroxylation is 1. The molecule has 0 atom stereocenters. The van der Waals surface area contributed by atoms with E-state index in [9.17, 15) is 4.91 Å². The van der Waals surface area contributed by atoms with Crippen LogP contribution in [0.15, 0.2) is 29.4 Å². The summed E-state index contributed by atoms with van der Waals surface area (Å²) in [6.07, 6.45) is 4.94. The van der Waals surface area contributed by atoms with Crippen molar-refractivity contribution in [2.24, 2.45) is 5.18 Å². The van der Waals surface area contributed by atoms with Gasteiger partial charge in [-0.25, -0.2) is 0 Å². The predicted molar refractivity (Wildman–Crippen MR) is 59.2 cm³/mol. The lowest BCUT2D eigenvalue weighted by molar-refractivity contribution is 0.717. The molecule has 0 heterocycles. The zero-order valence-corrected chi connectivity index (χ0v) is 8.70. The SMILES string of the molecule is CCCCCc1ccc(CN=O)cc1. The van der Waals surface area contributed by atoms with Crippen molar-refractivity contribution < 1.29 is 0 Å². The van der Waals surface area contributed by atoms with E-state index in [4.69, 9.17) is 0 Å². The number of nitroso groups, excluding NO2 is 1. The van der Waals surface area contributed by atoms with E-state index >= 15 is 0 Å². The highest BCUT2D eigenvalue weighted by Crippen LogP contribution is 2.09. The standard InChI is InChI=1S/C12H17NO/c1-2-3-4-5-11-6-8-12(9-7-11)10-13-14/h6-9H,2-5,10H2,1H3. The molecular formula is C12H17NO. The van der Waals surface area contributed by atoms with Crippen molar-refractivity contribution in [1.29, 1.82) is 0 Å². The molecule has 2 heteroatoms. The Labute approximate surface area is 85.3 Å². The van der Waals surface area contributed by atoms with Crippen molar-refractivity contribution in [2.45, 2.75) is 39.2 Å². The van der Waals surface area contributed by atoms with E-state index in [1.165, 1.54) is 24.8 Å². The minimum absolute atomic E-state index is 0.287. The third kappa shape index (κ3) is 3.69. The Morgan fingerprint density at radius 1 is 1.07 bits per heavy atom. The van der Waals surface area contributed by atoms with Gasteiger partial charge in [-0.15, -0.1) is 0 Å². The highest BCUT2D eigenvalue weighted by atomic mass is 16.3. The molecule has 0 saturated heterocycles. The normalized spacial score (nSPS) is 10.1. The van der Waals surface area contributed by atoms with Crippen LogP contribution in [0.4, 0.5) is 0 Å². The minimum Gasteiger partial charge on any atom is -0.150 e. The molecular weight excluding hydrogens is 174 g/mol. The van der Waals surface area contributed by atoms with Crippen LogP contribution in [0.1, 0.15) is 37.3 Å². The van der Waals surface area contributed by atoms with Gasteiger partial charge >= 0.3 is 0 Å². The largest absolute Gasteiger partial charge is 0.150 e. The molecule has 1 aromatic carbocycles. The summed E-state index contributed by atoms with van der Waals surface area (Å²) < 4.78 is 0. The predicted octanol–water partition coefficient (Wildman–Crippen LogP) is 3.69. The van der Waals surface area contributed by atoms with Gasteiger partial charge in [0.15, 0.2) is 0 Å². The first-order valence-electron chi connectivity index (χ1n) is 5.23. The molecule has 0 aliphatic heterocycles. The summed E-state index contributed by atoms with van der Waals surface area (Å²) in [7, 11) is 0. The lowest BCUT2D eigenvalue weighted by Gasteiger charge is -2.01. The van der Waals surface area contributed by atoms with Gasteiger partial charge in [-0.05, 0) is 24.0 Å². The van der Waals surface area contributed by atoms with Crippen LogP contribution in [0.3, 0.4) is 0 Å². The molecule has 14 heavy (non-hydrogen) atoms. The van der Waals surface area contributed by atoms with Crippen LogP contribution in [0, 0.1) is 4.91 Å². The molecule has 0 aliphatic rings. The van der Waals surface area contributed by atoms with Crippen LogP contribution in [0.25, 0.3) is 0 Å². The maximum atomic E-state index is 10.0. The third-order valence-electron chi connectivity index (χ3n) is 2.34. The average molecular weight is 191 g/mol. The smallest absolute Gasteiger partial charge is 0.106 e. The summed E-state index contributed by atoms with van der Waals surface area (Å²) >= 11 is 0. The Bertz CT molecular complexity index is 266. The fourth-order valence-corrected chi connectivity index (χ4v) is 1.46. The first-order valence-corrected chi connectivity index (χ1v) is 5.23. The van der Waals surface area contributed by atoms with E-state index < -0.39 is 0 Å². The number of rotatable bonds is 6. The first kappa shape index (κ1) is 10.9. The van der Waals surface area contributed by atoms with E-state index in [1.54, 1.807) is 0 Å². The molecule has 0 radical (unpaired) electrons. The summed E-state index contributed by atoms with van der Waals surface area (Å²) in [5, 5.41) is 2.86. The highest BCUT2D eigenvalue weighted by Gasteiger charge is 1.94. The summed E-state index contributed by atoms with van der Waals surface area (Å²) in [6.45, 7) is 2.49. The summed E-state index contributed by atoms with van der Waals surface area (Å²) in [4.78, 5) is 10.0. The zero-order valence-electron chi connectivity index (χ0n) is 8.70. The quantitative estimate of drug-likeness (QED) is 0.498. The molecule has 0 amide bonds. The number of nitrogens with zero attached hydrogens (tertiary/aromatic N) is 1.